The second kappa shape index (κ2) is 7.38. The molecule has 3 rings (SSSR count). The number of methoxy groups -OCH3 is 1. The topological polar surface area (TPSA) is 50.8 Å². The maximum absolute atomic E-state index is 13.8. The van der Waals surface area contributed by atoms with Crippen LogP contribution in [-0.4, -0.2) is 56.9 Å². The Balaban J connectivity index is 1.52. The molecule has 23 heavy (non-hydrogen) atoms. The molecule has 1 amide bonds. The molecule has 126 valence electrons. The third-order valence-electron chi connectivity index (χ3n) is 4.70. The molecule has 2 aliphatic heterocycles. The average Bonchev–Trinajstić information content (AvgIpc) is 3.08. The smallest absolute Gasteiger partial charge is 0.245 e. The molecule has 0 aromatic heterocycles. The van der Waals surface area contributed by atoms with Gasteiger partial charge >= 0.3 is 0 Å². The van der Waals surface area contributed by atoms with Crippen molar-refractivity contribution < 1.29 is 18.7 Å². The summed E-state index contributed by atoms with van der Waals surface area (Å²) in [6, 6.07) is 6.89. The summed E-state index contributed by atoms with van der Waals surface area (Å²) in [5.41, 5.74) is 0.720. The van der Waals surface area contributed by atoms with E-state index in [4.69, 9.17) is 9.47 Å². The van der Waals surface area contributed by atoms with Crippen molar-refractivity contribution in [2.24, 2.45) is 11.8 Å². The van der Waals surface area contributed by atoms with Crippen molar-refractivity contribution in [2.45, 2.75) is 12.6 Å². The lowest BCUT2D eigenvalue weighted by molar-refractivity contribution is -0.124. The summed E-state index contributed by atoms with van der Waals surface area (Å²) in [6.45, 7) is 3.67. The minimum Gasteiger partial charge on any atom is -0.376 e. The molecule has 2 saturated heterocycles. The first-order valence-electron chi connectivity index (χ1n) is 8.00. The Bertz CT molecular complexity index is 554. The fourth-order valence-corrected chi connectivity index (χ4v) is 3.51. The van der Waals surface area contributed by atoms with E-state index in [0.29, 0.717) is 31.5 Å². The van der Waals surface area contributed by atoms with E-state index in [1.54, 1.807) is 6.07 Å². The van der Waals surface area contributed by atoms with E-state index in [1.165, 1.54) is 13.2 Å². The molecule has 5 nitrogen and oxygen atoms in total. The van der Waals surface area contributed by atoms with Crippen LogP contribution in [0.3, 0.4) is 0 Å². The zero-order chi connectivity index (χ0) is 16.2. The van der Waals surface area contributed by atoms with Crippen LogP contribution in [0.4, 0.5) is 4.39 Å². The van der Waals surface area contributed by atoms with Gasteiger partial charge in [-0.25, -0.2) is 4.39 Å². The number of carbonyl (C=O) groups excluding carboxylic acids is 1. The molecule has 0 unspecified atom stereocenters. The molecule has 1 aromatic carbocycles. The predicted molar refractivity (Wildman–Crippen MR) is 83.3 cm³/mol. The van der Waals surface area contributed by atoms with Crippen LogP contribution >= 0.6 is 0 Å². The van der Waals surface area contributed by atoms with Gasteiger partial charge in [-0.2, -0.15) is 0 Å². The minimum atomic E-state index is -0.158. The number of amides is 1. The van der Waals surface area contributed by atoms with Crippen molar-refractivity contribution in [3.05, 3.63) is 35.6 Å². The Hall–Kier alpha value is -1.50. The summed E-state index contributed by atoms with van der Waals surface area (Å²) in [6.07, 6.45) is 0.186. The molecule has 0 spiro atoms. The Morgan fingerprint density at radius 3 is 3.04 bits per heavy atom. The van der Waals surface area contributed by atoms with Crippen molar-refractivity contribution in [1.82, 2.24) is 10.2 Å². The average molecular weight is 322 g/mol. The molecule has 0 radical (unpaired) electrons. The van der Waals surface area contributed by atoms with Crippen molar-refractivity contribution in [3.8, 4) is 0 Å². The number of rotatable bonds is 6. The number of hydrogen-bond donors (Lipinski definition) is 1. The molecular formula is C17H23FN2O3. The Morgan fingerprint density at radius 2 is 2.26 bits per heavy atom. The SMILES string of the molecule is COCC(=O)NC[C@@H]1CO[C@@H]2CN(Cc3ccccc3F)C[C@H]12. The van der Waals surface area contributed by atoms with Crippen molar-refractivity contribution in [3.63, 3.8) is 0 Å². The first-order valence-corrected chi connectivity index (χ1v) is 8.00. The van der Waals surface area contributed by atoms with Crippen molar-refractivity contribution >= 4 is 5.91 Å². The molecule has 0 bridgehead atoms. The maximum atomic E-state index is 13.8. The van der Waals surface area contributed by atoms with Crippen molar-refractivity contribution in [1.29, 1.82) is 0 Å². The van der Waals surface area contributed by atoms with Gasteiger partial charge in [-0.3, -0.25) is 9.69 Å². The zero-order valence-electron chi connectivity index (χ0n) is 13.3. The van der Waals surface area contributed by atoms with Crippen LogP contribution in [0.5, 0.6) is 0 Å². The highest BCUT2D eigenvalue weighted by Crippen LogP contribution is 2.34. The first kappa shape index (κ1) is 16.4. The fraction of sp³-hybridized carbons (Fsp3) is 0.588. The van der Waals surface area contributed by atoms with Crippen LogP contribution < -0.4 is 5.32 Å². The highest BCUT2D eigenvalue weighted by molar-refractivity contribution is 5.77. The highest BCUT2D eigenvalue weighted by Gasteiger charge is 2.43. The molecular weight excluding hydrogens is 299 g/mol. The maximum Gasteiger partial charge on any atom is 0.245 e. The minimum absolute atomic E-state index is 0.0844. The molecule has 6 heteroatoms. The van der Waals surface area contributed by atoms with Crippen LogP contribution in [-0.2, 0) is 20.8 Å². The number of likely N-dealkylation sites (tertiary alicyclic amines) is 1. The summed E-state index contributed by atoms with van der Waals surface area (Å²) in [5, 5.41) is 2.89. The van der Waals surface area contributed by atoms with Gasteiger partial charge in [0.05, 0.1) is 12.7 Å². The van der Waals surface area contributed by atoms with Gasteiger partial charge in [-0.1, -0.05) is 18.2 Å². The van der Waals surface area contributed by atoms with Gasteiger partial charge in [0.25, 0.3) is 0 Å². The van der Waals surface area contributed by atoms with Gasteiger partial charge in [-0.05, 0) is 6.07 Å². The predicted octanol–water partition coefficient (Wildman–Crippen LogP) is 1.04. The lowest BCUT2D eigenvalue weighted by atomic mass is 9.93. The number of ether oxygens (including phenoxy) is 2. The van der Waals surface area contributed by atoms with Gasteiger partial charge in [0.1, 0.15) is 12.4 Å². The zero-order valence-corrected chi connectivity index (χ0v) is 13.3. The van der Waals surface area contributed by atoms with E-state index < -0.39 is 0 Å². The molecule has 3 atom stereocenters. The third-order valence-corrected chi connectivity index (χ3v) is 4.70. The second-order valence-corrected chi connectivity index (χ2v) is 6.32. The van der Waals surface area contributed by atoms with Gasteiger partial charge in [0.2, 0.25) is 5.91 Å². The Labute approximate surface area is 135 Å². The highest BCUT2D eigenvalue weighted by atomic mass is 19.1. The number of nitrogens with one attached hydrogen (secondary N) is 1. The fourth-order valence-electron chi connectivity index (χ4n) is 3.51. The molecule has 2 heterocycles. The normalized spacial score (nSPS) is 27.1. The molecule has 0 aliphatic carbocycles. The number of fused-ring (bicyclic) bond motifs is 1. The van der Waals surface area contributed by atoms with Gasteiger partial charge in [-0.15, -0.1) is 0 Å². The summed E-state index contributed by atoms with van der Waals surface area (Å²) in [7, 11) is 1.51. The van der Waals surface area contributed by atoms with E-state index in [9.17, 15) is 9.18 Å². The standard InChI is InChI=1S/C17H23FN2O3/c1-22-11-17(21)19-6-13-10-23-16-9-20(8-14(13)16)7-12-4-2-3-5-15(12)18/h2-5,13-14,16H,6-11H2,1H3,(H,19,21)/t13-,14-,16-/m1/s1. The van der Waals surface area contributed by atoms with Crippen molar-refractivity contribution in [2.75, 3.05) is 40.0 Å². The second-order valence-electron chi connectivity index (χ2n) is 6.32. The summed E-state index contributed by atoms with van der Waals surface area (Å²) in [4.78, 5) is 13.7. The lowest BCUT2D eigenvalue weighted by Crippen LogP contribution is -2.35. The van der Waals surface area contributed by atoms with Crippen LogP contribution in [0.25, 0.3) is 0 Å². The molecule has 1 N–H and O–H groups in total. The van der Waals surface area contributed by atoms with E-state index >= 15 is 0 Å². The molecule has 1 aromatic rings. The largest absolute Gasteiger partial charge is 0.376 e. The number of halogens is 1. The van der Waals surface area contributed by atoms with E-state index in [0.717, 1.165) is 18.7 Å². The van der Waals surface area contributed by atoms with E-state index in [-0.39, 0.29) is 24.4 Å². The van der Waals surface area contributed by atoms with Crippen LogP contribution in [0.2, 0.25) is 0 Å². The lowest BCUT2D eigenvalue weighted by Gasteiger charge is -2.20. The molecule has 2 fully saturated rings. The number of carbonyl (C=O) groups is 1. The number of benzene rings is 1. The van der Waals surface area contributed by atoms with E-state index in [2.05, 4.69) is 10.2 Å². The monoisotopic (exact) mass is 322 g/mol. The molecule has 0 saturated carbocycles. The first-order chi connectivity index (χ1) is 11.2. The Morgan fingerprint density at radius 1 is 1.43 bits per heavy atom. The third kappa shape index (κ3) is 3.88. The van der Waals surface area contributed by atoms with Crippen LogP contribution in [0.15, 0.2) is 24.3 Å². The number of nitrogens with zero attached hydrogens (tertiary/aromatic N) is 1. The van der Waals surface area contributed by atoms with Gasteiger partial charge in [0, 0.05) is 50.7 Å². The summed E-state index contributed by atoms with van der Waals surface area (Å²) >= 11 is 0. The van der Waals surface area contributed by atoms with Gasteiger partial charge < -0.3 is 14.8 Å². The van der Waals surface area contributed by atoms with Crippen LogP contribution in [0, 0.1) is 17.7 Å². The summed E-state index contributed by atoms with van der Waals surface area (Å²) < 4.78 is 24.4. The number of hydrogen-bond acceptors (Lipinski definition) is 4. The quantitative estimate of drug-likeness (QED) is 0.850. The van der Waals surface area contributed by atoms with Crippen LogP contribution in [0.1, 0.15) is 5.56 Å². The molecule has 2 aliphatic rings. The summed E-state index contributed by atoms with van der Waals surface area (Å²) in [5.74, 6) is 0.446. The van der Waals surface area contributed by atoms with Gasteiger partial charge in [0.15, 0.2) is 0 Å². The Kier molecular flexibility index (Phi) is 5.25. The van der Waals surface area contributed by atoms with E-state index in [1.807, 2.05) is 12.1 Å².